The smallest absolute Gasteiger partial charge is 0.244 e. The highest BCUT2D eigenvalue weighted by molar-refractivity contribution is 5.91. The molecule has 1 atom stereocenters. The van der Waals surface area contributed by atoms with Crippen LogP contribution in [0.25, 0.3) is 17.1 Å². The number of aromatic nitrogens is 2. The SMILES string of the molecule is CC(O)(CNC(=O)C=Cc1cnc2ccccc2n1)c1ccccc1. The number of nitrogens with one attached hydrogen (secondary N) is 1. The van der Waals surface area contributed by atoms with Crippen molar-refractivity contribution in [1.29, 1.82) is 0 Å². The number of para-hydroxylation sites is 2. The van der Waals surface area contributed by atoms with Gasteiger partial charge in [0.1, 0.15) is 5.60 Å². The summed E-state index contributed by atoms with van der Waals surface area (Å²) < 4.78 is 0. The molecule has 0 bridgehead atoms. The summed E-state index contributed by atoms with van der Waals surface area (Å²) in [4.78, 5) is 20.7. The molecule has 0 aliphatic carbocycles. The highest BCUT2D eigenvalue weighted by Crippen LogP contribution is 2.18. The van der Waals surface area contributed by atoms with Gasteiger partial charge in [-0.25, -0.2) is 4.98 Å². The molecule has 2 N–H and O–H groups in total. The second kappa shape index (κ2) is 7.23. The highest BCUT2D eigenvalue weighted by Gasteiger charge is 2.22. The first-order valence-corrected chi connectivity index (χ1v) is 8.00. The Morgan fingerprint density at radius 1 is 1.12 bits per heavy atom. The van der Waals surface area contributed by atoms with Crippen molar-refractivity contribution in [3.05, 3.63) is 78.1 Å². The number of aliphatic hydroxyl groups is 1. The molecule has 0 radical (unpaired) electrons. The lowest BCUT2D eigenvalue weighted by Crippen LogP contribution is -2.37. The first-order valence-electron chi connectivity index (χ1n) is 8.00. The van der Waals surface area contributed by atoms with Gasteiger partial charge in [-0.1, -0.05) is 42.5 Å². The zero-order valence-corrected chi connectivity index (χ0v) is 13.9. The molecule has 0 saturated carbocycles. The lowest BCUT2D eigenvalue weighted by atomic mass is 9.96. The maximum absolute atomic E-state index is 12.0. The van der Waals surface area contributed by atoms with Crippen LogP contribution in [0.5, 0.6) is 0 Å². The monoisotopic (exact) mass is 333 g/mol. The van der Waals surface area contributed by atoms with Gasteiger partial charge in [0, 0.05) is 6.08 Å². The second-order valence-corrected chi connectivity index (χ2v) is 5.97. The summed E-state index contributed by atoms with van der Waals surface area (Å²) in [6, 6.07) is 16.8. The third kappa shape index (κ3) is 4.28. The normalized spacial score (nSPS) is 13.7. The van der Waals surface area contributed by atoms with Crippen molar-refractivity contribution in [2.45, 2.75) is 12.5 Å². The summed E-state index contributed by atoms with van der Waals surface area (Å²) >= 11 is 0. The molecule has 0 spiro atoms. The quantitative estimate of drug-likeness (QED) is 0.704. The van der Waals surface area contributed by atoms with E-state index in [9.17, 15) is 9.90 Å². The largest absolute Gasteiger partial charge is 0.384 e. The van der Waals surface area contributed by atoms with Gasteiger partial charge in [-0.15, -0.1) is 0 Å². The van der Waals surface area contributed by atoms with Crippen LogP contribution in [0.1, 0.15) is 18.2 Å². The van der Waals surface area contributed by atoms with Crippen LogP contribution in [0.3, 0.4) is 0 Å². The average molecular weight is 333 g/mol. The van der Waals surface area contributed by atoms with Crippen LogP contribution in [0.2, 0.25) is 0 Å². The van der Waals surface area contributed by atoms with Crippen molar-refractivity contribution >= 4 is 23.0 Å². The fraction of sp³-hybridized carbons (Fsp3) is 0.150. The predicted molar refractivity (Wildman–Crippen MR) is 97.6 cm³/mol. The standard InChI is InChI=1S/C20H19N3O2/c1-20(25,15-7-3-2-4-8-15)14-22-19(24)12-11-16-13-21-17-9-5-6-10-18(17)23-16/h2-13,25H,14H2,1H3,(H,22,24). The van der Waals surface area contributed by atoms with Crippen LogP contribution in [-0.4, -0.2) is 27.5 Å². The van der Waals surface area contributed by atoms with Gasteiger partial charge >= 0.3 is 0 Å². The van der Waals surface area contributed by atoms with Crippen LogP contribution in [-0.2, 0) is 10.4 Å². The number of rotatable bonds is 5. The lowest BCUT2D eigenvalue weighted by molar-refractivity contribution is -0.117. The van der Waals surface area contributed by atoms with Crippen LogP contribution < -0.4 is 5.32 Å². The van der Waals surface area contributed by atoms with E-state index in [0.29, 0.717) is 5.69 Å². The van der Waals surface area contributed by atoms with E-state index in [0.717, 1.165) is 16.6 Å². The lowest BCUT2D eigenvalue weighted by Gasteiger charge is -2.23. The van der Waals surface area contributed by atoms with E-state index in [1.165, 1.54) is 6.08 Å². The van der Waals surface area contributed by atoms with Gasteiger partial charge in [-0.2, -0.15) is 0 Å². The topological polar surface area (TPSA) is 75.1 Å². The molecule has 0 fully saturated rings. The Hall–Kier alpha value is -3.05. The van der Waals surface area contributed by atoms with E-state index < -0.39 is 5.60 Å². The molecule has 1 aromatic heterocycles. The van der Waals surface area contributed by atoms with Crippen molar-refractivity contribution < 1.29 is 9.90 Å². The fourth-order valence-corrected chi connectivity index (χ4v) is 2.43. The van der Waals surface area contributed by atoms with E-state index in [4.69, 9.17) is 0 Å². The minimum Gasteiger partial charge on any atom is -0.384 e. The molecule has 25 heavy (non-hydrogen) atoms. The summed E-state index contributed by atoms with van der Waals surface area (Å²) in [7, 11) is 0. The average Bonchev–Trinajstić information content (AvgIpc) is 2.65. The molecule has 5 nitrogen and oxygen atoms in total. The summed E-state index contributed by atoms with van der Waals surface area (Å²) in [6.07, 6.45) is 4.61. The molecular weight excluding hydrogens is 314 g/mol. The van der Waals surface area contributed by atoms with E-state index in [1.54, 1.807) is 19.2 Å². The summed E-state index contributed by atoms with van der Waals surface area (Å²) in [5.74, 6) is -0.300. The van der Waals surface area contributed by atoms with Gasteiger partial charge in [0.05, 0.1) is 29.5 Å². The van der Waals surface area contributed by atoms with Crippen molar-refractivity contribution in [3.8, 4) is 0 Å². The highest BCUT2D eigenvalue weighted by atomic mass is 16.3. The molecule has 5 heteroatoms. The Bertz CT molecular complexity index is 905. The number of fused-ring (bicyclic) bond motifs is 1. The second-order valence-electron chi connectivity index (χ2n) is 5.97. The Labute approximate surface area is 146 Å². The molecule has 0 aliphatic heterocycles. The number of carbonyl (C=O) groups excluding carboxylic acids is 1. The number of hydrogen-bond donors (Lipinski definition) is 2. The Morgan fingerprint density at radius 3 is 2.56 bits per heavy atom. The van der Waals surface area contributed by atoms with Crippen molar-refractivity contribution in [3.63, 3.8) is 0 Å². The Morgan fingerprint density at radius 2 is 1.80 bits per heavy atom. The Balaban J connectivity index is 1.62. The maximum atomic E-state index is 12.0. The van der Waals surface area contributed by atoms with E-state index in [1.807, 2.05) is 54.6 Å². The van der Waals surface area contributed by atoms with E-state index in [-0.39, 0.29) is 12.5 Å². The van der Waals surface area contributed by atoms with E-state index in [2.05, 4.69) is 15.3 Å². The Kier molecular flexibility index (Phi) is 4.86. The van der Waals surface area contributed by atoms with Gasteiger partial charge in [0.15, 0.2) is 0 Å². The summed E-state index contributed by atoms with van der Waals surface area (Å²) in [5, 5.41) is 13.2. The molecule has 1 unspecified atom stereocenters. The zero-order chi connectivity index (χ0) is 17.7. The van der Waals surface area contributed by atoms with Gasteiger partial charge in [0.25, 0.3) is 0 Å². The molecule has 0 aliphatic rings. The van der Waals surface area contributed by atoms with Gasteiger partial charge in [-0.05, 0) is 30.7 Å². The molecule has 3 aromatic rings. The zero-order valence-electron chi connectivity index (χ0n) is 13.9. The van der Waals surface area contributed by atoms with Crippen LogP contribution in [0, 0.1) is 0 Å². The minimum atomic E-state index is -1.13. The number of carbonyl (C=O) groups is 1. The van der Waals surface area contributed by atoms with Gasteiger partial charge in [0.2, 0.25) is 5.91 Å². The minimum absolute atomic E-state index is 0.115. The molecule has 126 valence electrons. The van der Waals surface area contributed by atoms with Crippen LogP contribution in [0.4, 0.5) is 0 Å². The molecule has 1 amide bonds. The van der Waals surface area contributed by atoms with Crippen molar-refractivity contribution in [2.75, 3.05) is 6.54 Å². The number of benzene rings is 2. The number of nitrogens with zero attached hydrogens (tertiary/aromatic N) is 2. The van der Waals surface area contributed by atoms with E-state index >= 15 is 0 Å². The van der Waals surface area contributed by atoms with Crippen LogP contribution >= 0.6 is 0 Å². The number of hydrogen-bond acceptors (Lipinski definition) is 4. The van der Waals surface area contributed by atoms with Crippen LogP contribution in [0.15, 0.2) is 66.9 Å². The fourth-order valence-electron chi connectivity index (χ4n) is 2.43. The molecule has 2 aromatic carbocycles. The summed E-state index contributed by atoms with van der Waals surface area (Å²) in [5.41, 5.74) is 1.80. The first kappa shape index (κ1) is 16.8. The van der Waals surface area contributed by atoms with Gasteiger partial charge in [-0.3, -0.25) is 9.78 Å². The number of amides is 1. The third-order valence-corrected chi connectivity index (χ3v) is 3.88. The third-order valence-electron chi connectivity index (χ3n) is 3.88. The van der Waals surface area contributed by atoms with Crippen molar-refractivity contribution in [2.24, 2.45) is 0 Å². The molecular formula is C20H19N3O2. The summed E-state index contributed by atoms with van der Waals surface area (Å²) in [6.45, 7) is 1.78. The maximum Gasteiger partial charge on any atom is 0.244 e. The molecule has 3 rings (SSSR count). The molecule has 1 heterocycles. The molecule has 0 saturated heterocycles. The predicted octanol–water partition coefficient (Wildman–Crippen LogP) is 2.67. The van der Waals surface area contributed by atoms with Gasteiger partial charge < -0.3 is 10.4 Å². The van der Waals surface area contributed by atoms with Crippen molar-refractivity contribution in [1.82, 2.24) is 15.3 Å². The first-order chi connectivity index (χ1) is 12.0.